The summed E-state index contributed by atoms with van der Waals surface area (Å²) in [5.74, 6) is 0.273. The highest BCUT2D eigenvalue weighted by Gasteiger charge is 2.14. The fourth-order valence-corrected chi connectivity index (χ4v) is 1.85. The van der Waals surface area contributed by atoms with Gasteiger partial charge >= 0.3 is 0 Å². The molecule has 0 spiro atoms. The standard InChI is InChI=1S/C6H2BrN3O3S/c7-6-8-5(13-9-6)4-1-3(2-14-4)10(11)12/h1-2H. The first-order valence-corrected chi connectivity index (χ1v) is 5.06. The molecule has 0 aliphatic rings. The number of nitro groups is 1. The van der Waals surface area contributed by atoms with Crippen LogP contribution in [0.1, 0.15) is 0 Å². The minimum atomic E-state index is -0.467. The highest BCUT2D eigenvalue weighted by molar-refractivity contribution is 9.10. The molecule has 8 heteroatoms. The molecule has 0 aromatic carbocycles. The molecule has 2 aromatic heterocycles. The average molecular weight is 276 g/mol. The summed E-state index contributed by atoms with van der Waals surface area (Å²) >= 11 is 4.21. The largest absolute Gasteiger partial charge is 0.332 e. The molecule has 2 heterocycles. The van der Waals surface area contributed by atoms with E-state index in [1.54, 1.807) is 0 Å². The van der Waals surface area contributed by atoms with E-state index in [1.807, 2.05) is 0 Å². The molecular formula is C6H2BrN3O3S. The van der Waals surface area contributed by atoms with Crippen LogP contribution < -0.4 is 0 Å². The van der Waals surface area contributed by atoms with Crippen molar-refractivity contribution >= 4 is 33.0 Å². The molecular weight excluding hydrogens is 274 g/mol. The second-order valence-electron chi connectivity index (χ2n) is 2.29. The minimum absolute atomic E-state index is 0.0272. The van der Waals surface area contributed by atoms with Gasteiger partial charge in [-0.3, -0.25) is 10.1 Å². The number of hydrogen-bond donors (Lipinski definition) is 0. The summed E-state index contributed by atoms with van der Waals surface area (Å²) in [7, 11) is 0. The molecule has 2 rings (SSSR count). The van der Waals surface area contributed by atoms with Crippen LogP contribution in [0.4, 0.5) is 5.69 Å². The Morgan fingerprint density at radius 1 is 1.64 bits per heavy atom. The van der Waals surface area contributed by atoms with E-state index in [-0.39, 0.29) is 11.6 Å². The maximum absolute atomic E-state index is 10.4. The second kappa shape index (κ2) is 3.46. The van der Waals surface area contributed by atoms with Crippen molar-refractivity contribution in [2.45, 2.75) is 0 Å². The van der Waals surface area contributed by atoms with Gasteiger partial charge in [0.25, 0.3) is 11.6 Å². The normalized spacial score (nSPS) is 10.4. The number of hydrogen-bond acceptors (Lipinski definition) is 6. The Kier molecular flexibility index (Phi) is 2.30. The lowest BCUT2D eigenvalue weighted by Gasteiger charge is -1.82. The van der Waals surface area contributed by atoms with E-state index < -0.39 is 4.92 Å². The zero-order chi connectivity index (χ0) is 10.1. The van der Waals surface area contributed by atoms with Crippen molar-refractivity contribution in [1.82, 2.24) is 10.1 Å². The summed E-state index contributed by atoms with van der Waals surface area (Å²) < 4.78 is 5.15. The van der Waals surface area contributed by atoms with E-state index in [9.17, 15) is 10.1 Å². The van der Waals surface area contributed by atoms with Crippen LogP contribution in [0, 0.1) is 10.1 Å². The number of aromatic nitrogens is 2. The van der Waals surface area contributed by atoms with Crippen LogP contribution in [0.5, 0.6) is 0 Å². The van der Waals surface area contributed by atoms with Gasteiger partial charge in [0.1, 0.15) is 0 Å². The molecule has 0 radical (unpaired) electrons. The van der Waals surface area contributed by atoms with Gasteiger partial charge in [-0.15, -0.1) is 11.3 Å². The van der Waals surface area contributed by atoms with Crippen LogP contribution in [-0.4, -0.2) is 15.1 Å². The molecule has 0 atom stereocenters. The Balaban J connectivity index is 2.38. The van der Waals surface area contributed by atoms with E-state index in [0.717, 1.165) is 0 Å². The Hall–Kier alpha value is -1.28. The predicted molar refractivity (Wildman–Crippen MR) is 52.0 cm³/mol. The molecule has 0 aliphatic carbocycles. The SMILES string of the molecule is O=[N+]([O-])c1csc(-c2nc(Br)no2)c1. The smallest absolute Gasteiger partial charge is 0.280 e. The summed E-state index contributed by atoms with van der Waals surface area (Å²) in [4.78, 5) is 14.4. The van der Waals surface area contributed by atoms with Crippen molar-refractivity contribution in [2.75, 3.05) is 0 Å². The first-order valence-electron chi connectivity index (χ1n) is 3.39. The van der Waals surface area contributed by atoms with Crippen molar-refractivity contribution in [3.63, 3.8) is 0 Å². The van der Waals surface area contributed by atoms with Gasteiger partial charge in [-0.1, -0.05) is 0 Å². The lowest BCUT2D eigenvalue weighted by Crippen LogP contribution is -1.82. The summed E-state index contributed by atoms with van der Waals surface area (Å²) in [6.07, 6.45) is 0. The number of nitrogens with zero attached hydrogens (tertiary/aromatic N) is 3. The van der Waals surface area contributed by atoms with Crippen LogP contribution in [0.2, 0.25) is 0 Å². The maximum Gasteiger partial charge on any atom is 0.280 e. The third kappa shape index (κ3) is 1.66. The Morgan fingerprint density at radius 2 is 2.43 bits per heavy atom. The molecule has 0 N–H and O–H groups in total. The van der Waals surface area contributed by atoms with Gasteiger partial charge in [0, 0.05) is 6.07 Å². The van der Waals surface area contributed by atoms with Crippen molar-refractivity contribution in [3.8, 4) is 10.8 Å². The number of rotatable bonds is 2. The van der Waals surface area contributed by atoms with Gasteiger partial charge in [0.2, 0.25) is 4.73 Å². The molecule has 72 valence electrons. The third-order valence-electron chi connectivity index (χ3n) is 1.41. The highest BCUT2D eigenvalue weighted by atomic mass is 79.9. The van der Waals surface area contributed by atoms with Crippen LogP contribution in [0.25, 0.3) is 10.8 Å². The molecule has 0 bridgehead atoms. The van der Waals surface area contributed by atoms with E-state index in [1.165, 1.54) is 22.8 Å². The highest BCUT2D eigenvalue weighted by Crippen LogP contribution is 2.30. The van der Waals surface area contributed by atoms with Crippen LogP contribution in [0.3, 0.4) is 0 Å². The van der Waals surface area contributed by atoms with E-state index in [4.69, 9.17) is 4.52 Å². The molecule has 2 aromatic rings. The molecule has 0 amide bonds. The van der Waals surface area contributed by atoms with Crippen molar-refractivity contribution in [1.29, 1.82) is 0 Å². The fourth-order valence-electron chi connectivity index (χ4n) is 0.840. The Bertz CT molecular complexity index is 480. The predicted octanol–water partition coefficient (Wildman–Crippen LogP) is 2.47. The molecule has 0 saturated carbocycles. The lowest BCUT2D eigenvalue weighted by molar-refractivity contribution is -0.384. The zero-order valence-corrected chi connectivity index (χ0v) is 8.91. The van der Waals surface area contributed by atoms with Gasteiger partial charge in [-0.25, -0.2) is 0 Å². The average Bonchev–Trinajstić information content (AvgIpc) is 2.70. The van der Waals surface area contributed by atoms with Gasteiger partial charge in [-0.2, -0.15) is 4.98 Å². The first kappa shape index (κ1) is 9.28. The Morgan fingerprint density at radius 3 is 2.93 bits per heavy atom. The van der Waals surface area contributed by atoms with Crippen molar-refractivity contribution in [3.05, 3.63) is 26.3 Å². The van der Waals surface area contributed by atoms with Crippen LogP contribution in [0.15, 0.2) is 20.7 Å². The van der Waals surface area contributed by atoms with Crippen molar-refractivity contribution in [2.24, 2.45) is 0 Å². The van der Waals surface area contributed by atoms with Crippen molar-refractivity contribution < 1.29 is 9.45 Å². The second-order valence-corrected chi connectivity index (χ2v) is 3.92. The summed E-state index contributed by atoms with van der Waals surface area (Å²) in [5, 5.41) is 15.3. The summed E-state index contributed by atoms with van der Waals surface area (Å²) in [6, 6.07) is 1.39. The molecule has 0 fully saturated rings. The van der Waals surface area contributed by atoms with E-state index in [0.29, 0.717) is 9.61 Å². The minimum Gasteiger partial charge on any atom is -0.332 e. The lowest BCUT2D eigenvalue weighted by atomic mass is 10.4. The monoisotopic (exact) mass is 275 g/mol. The van der Waals surface area contributed by atoms with E-state index >= 15 is 0 Å². The number of thiophene rings is 1. The zero-order valence-electron chi connectivity index (χ0n) is 6.51. The first-order chi connectivity index (χ1) is 6.66. The topological polar surface area (TPSA) is 82.1 Å². The molecule has 6 nitrogen and oxygen atoms in total. The summed E-state index contributed by atoms with van der Waals surface area (Å²) in [5.41, 5.74) is 0.0272. The van der Waals surface area contributed by atoms with Gasteiger partial charge in [0.05, 0.1) is 15.2 Å². The molecule has 0 unspecified atom stereocenters. The van der Waals surface area contributed by atoms with Gasteiger partial charge in [0.15, 0.2) is 0 Å². The fraction of sp³-hybridized carbons (Fsp3) is 0. The quantitative estimate of drug-likeness (QED) is 0.621. The van der Waals surface area contributed by atoms with E-state index in [2.05, 4.69) is 26.1 Å². The molecule has 14 heavy (non-hydrogen) atoms. The Labute approximate surface area is 89.8 Å². The van der Waals surface area contributed by atoms with Crippen LogP contribution >= 0.6 is 27.3 Å². The molecule has 0 saturated heterocycles. The number of halogens is 1. The van der Waals surface area contributed by atoms with Crippen LogP contribution in [-0.2, 0) is 0 Å². The maximum atomic E-state index is 10.4. The van der Waals surface area contributed by atoms with Gasteiger partial charge < -0.3 is 4.52 Å². The van der Waals surface area contributed by atoms with Gasteiger partial charge in [-0.05, 0) is 21.1 Å². The third-order valence-corrected chi connectivity index (χ3v) is 2.64. The summed E-state index contributed by atoms with van der Waals surface area (Å²) in [6.45, 7) is 0. The molecule has 0 aliphatic heterocycles.